The zero-order chi connectivity index (χ0) is 13.8. The maximum absolute atomic E-state index is 12.4. The maximum Gasteiger partial charge on any atom is 0.256 e. The van der Waals surface area contributed by atoms with Gasteiger partial charge in [-0.05, 0) is 50.9 Å². The van der Waals surface area contributed by atoms with Gasteiger partial charge >= 0.3 is 0 Å². The van der Waals surface area contributed by atoms with Crippen LogP contribution in [0.1, 0.15) is 17.3 Å². The van der Waals surface area contributed by atoms with Crippen LogP contribution in [0.4, 0.5) is 0 Å². The van der Waals surface area contributed by atoms with Crippen molar-refractivity contribution >= 4 is 48.7 Å². The molecule has 2 aromatic rings. The van der Waals surface area contributed by atoms with E-state index in [2.05, 4.69) is 36.8 Å². The summed E-state index contributed by atoms with van der Waals surface area (Å²) < 4.78 is 1.84. The van der Waals surface area contributed by atoms with Crippen molar-refractivity contribution in [2.45, 2.75) is 12.5 Å². The van der Waals surface area contributed by atoms with Crippen LogP contribution in [0.15, 0.2) is 27.3 Å². The number of aliphatic hydroxyl groups is 1. The number of fused-ring (bicyclic) bond motifs is 1. The number of nitrogens with one attached hydrogen (secondary N) is 1. The smallest absolute Gasteiger partial charge is 0.256 e. The van der Waals surface area contributed by atoms with Crippen LogP contribution in [0.3, 0.4) is 0 Å². The largest absolute Gasteiger partial charge is 0.386 e. The highest BCUT2D eigenvalue weighted by atomic mass is 79.9. The number of rotatable bonds is 1. The van der Waals surface area contributed by atoms with Gasteiger partial charge in [-0.25, -0.2) is 0 Å². The van der Waals surface area contributed by atoms with E-state index in [4.69, 9.17) is 0 Å². The summed E-state index contributed by atoms with van der Waals surface area (Å²) in [6, 6.07) is 3.85. The summed E-state index contributed by atoms with van der Waals surface area (Å²) in [5, 5.41) is 10.6. The number of halogens is 2. The number of benzene rings is 1. The Morgan fingerprint density at radius 2 is 2.00 bits per heavy atom. The summed E-state index contributed by atoms with van der Waals surface area (Å²) in [5.74, 6) is -0.0491. The molecule has 19 heavy (non-hydrogen) atoms. The molecule has 0 atom stereocenters. The second-order valence-corrected chi connectivity index (χ2v) is 6.88. The van der Waals surface area contributed by atoms with E-state index in [1.54, 1.807) is 18.0 Å². The summed E-state index contributed by atoms with van der Waals surface area (Å²) in [6.07, 6.45) is 1.72. The quantitative estimate of drug-likeness (QED) is 0.790. The molecule has 1 amide bonds. The van der Waals surface area contributed by atoms with E-state index in [9.17, 15) is 9.90 Å². The van der Waals surface area contributed by atoms with Crippen LogP contribution >= 0.6 is 31.9 Å². The van der Waals surface area contributed by atoms with Gasteiger partial charge in [-0.3, -0.25) is 4.79 Å². The Bertz CT molecular complexity index is 671. The molecule has 0 aliphatic carbocycles. The van der Waals surface area contributed by atoms with Crippen LogP contribution < -0.4 is 0 Å². The Hall–Kier alpha value is -0.850. The Labute approximate surface area is 127 Å². The second-order valence-electron chi connectivity index (χ2n) is 5.17. The third-order valence-corrected chi connectivity index (χ3v) is 5.15. The number of H-pyrrole nitrogens is 1. The number of hydrogen-bond acceptors (Lipinski definition) is 2. The van der Waals surface area contributed by atoms with Gasteiger partial charge in [0.05, 0.1) is 24.3 Å². The number of carbonyl (C=O) groups excluding carboxylic acids is 1. The molecule has 6 heteroatoms. The van der Waals surface area contributed by atoms with Crippen molar-refractivity contribution < 1.29 is 9.90 Å². The van der Waals surface area contributed by atoms with Crippen LogP contribution in [-0.4, -0.2) is 39.6 Å². The number of hydrogen-bond donors (Lipinski definition) is 2. The zero-order valence-electron chi connectivity index (χ0n) is 10.2. The van der Waals surface area contributed by atoms with E-state index in [0.29, 0.717) is 18.7 Å². The van der Waals surface area contributed by atoms with Crippen molar-refractivity contribution in [1.82, 2.24) is 9.88 Å². The Kier molecular flexibility index (Phi) is 2.99. The van der Waals surface area contributed by atoms with Crippen LogP contribution in [0.2, 0.25) is 0 Å². The molecule has 0 saturated carbocycles. The van der Waals surface area contributed by atoms with E-state index in [0.717, 1.165) is 19.8 Å². The Balaban J connectivity index is 1.97. The predicted molar refractivity (Wildman–Crippen MR) is 80.2 cm³/mol. The number of likely N-dealkylation sites (tertiary alicyclic amines) is 1. The van der Waals surface area contributed by atoms with E-state index >= 15 is 0 Å². The van der Waals surface area contributed by atoms with Crippen molar-refractivity contribution in [3.05, 3.63) is 32.8 Å². The van der Waals surface area contributed by atoms with Gasteiger partial charge in [0.25, 0.3) is 5.91 Å². The first kappa shape index (κ1) is 13.1. The van der Waals surface area contributed by atoms with Gasteiger partial charge in [0.1, 0.15) is 0 Å². The molecule has 2 N–H and O–H groups in total. The molecule has 1 aromatic heterocycles. The van der Waals surface area contributed by atoms with Crippen molar-refractivity contribution in [2.24, 2.45) is 0 Å². The van der Waals surface area contributed by atoms with E-state index < -0.39 is 5.60 Å². The van der Waals surface area contributed by atoms with Crippen LogP contribution in [0, 0.1) is 0 Å². The third-order valence-electron chi connectivity index (χ3n) is 3.30. The molecule has 0 unspecified atom stereocenters. The third kappa shape index (κ3) is 2.22. The first-order valence-electron chi connectivity index (χ1n) is 5.85. The maximum atomic E-state index is 12.4. The average Bonchev–Trinajstić information content (AvgIpc) is 2.68. The summed E-state index contributed by atoms with van der Waals surface area (Å²) in [4.78, 5) is 17.1. The fourth-order valence-corrected chi connectivity index (χ4v) is 3.07. The number of aromatic amines is 1. The summed E-state index contributed by atoms with van der Waals surface area (Å²) in [6.45, 7) is 2.51. The summed E-state index contributed by atoms with van der Waals surface area (Å²) >= 11 is 6.88. The molecule has 0 radical (unpaired) electrons. The highest BCUT2D eigenvalue weighted by molar-refractivity contribution is 9.13. The minimum absolute atomic E-state index is 0.0491. The van der Waals surface area contributed by atoms with Crippen molar-refractivity contribution in [1.29, 1.82) is 0 Å². The molecule has 1 aromatic carbocycles. The highest BCUT2D eigenvalue weighted by Crippen LogP contribution is 2.31. The van der Waals surface area contributed by atoms with Gasteiger partial charge < -0.3 is 15.0 Å². The topological polar surface area (TPSA) is 56.3 Å². The normalized spacial score (nSPS) is 17.6. The fraction of sp³-hybridized carbons (Fsp3) is 0.308. The number of carbonyl (C=O) groups is 1. The van der Waals surface area contributed by atoms with Crippen LogP contribution in [0.5, 0.6) is 0 Å². The highest BCUT2D eigenvalue weighted by Gasteiger charge is 2.40. The SMILES string of the molecule is CC1(O)CN(C(=O)c2c[nH]c3cc(Br)c(Br)cc23)C1. The van der Waals surface area contributed by atoms with Crippen molar-refractivity contribution in [2.75, 3.05) is 13.1 Å². The van der Waals surface area contributed by atoms with E-state index in [-0.39, 0.29) is 5.91 Å². The molecule has 4 nitrogen and oxygen atoms in total. The predicted octanol–water partition coefficient (Wildman–Crippen LogP) is 2.90. The molecular formula is C13H12Br2N2O2. The Morgan fingerprint density at radius 3 is 2.63 bits per heavy atom. The number of β-amino-alcohol motifs (C(OH)–C–C–N with tert-alkyl or cyclic N) is 1. The summed E-state index contributed by atoms with van der Waals surface area (Å²) in [7, 11) is 0. The first-order chi connectivity index (χ1) is 8.87. The average molecular weight is 388 g/mol. The lowest BCUT2D eigenvalue weighted by Gasteiger charge is -2.44. The standard InChI is InChI=1S/C13H12Br2N2O2/c1-13(19)5-17(6-13)12(18)8-4-16-11-3-10(15)9(14)2-7(8)11/h2-4,16,19H,5-6H2,1H3. The molecular weight excluding hydrogens is 376 g/mol. The second kappa shape index (κ2) is 4.33. The first-order valence-corrected chi connectivity index (χ1v) is 7.44. The lowest BCUT2D eigenvalue weighted by molar-refractivity contribution is -0.0668. The van der Waals surface area contributed by atoms with Crippen LogP contribution in [0.25, 0.3) is 10.9 Å². The van der Waals surface area contributed by atoms with Gasteiger partial charge in [0, 0.05) is 26.0 Å². The lowest BCUT2D eigenvalue weighted by atomic mass is 9.96. The van der Waals surface area contributed by atoms with Gasteiger partial charge in [0.15, 0.2) is 0 Å². The molecule has 1 saturated heterocycles. The van der Waals surface area contributed by atoms with E-state index in [1.807, 2.05) is 12.1 Å². The molecule has 0 bridgehead atoms. The monoisotopic (exact) mass is 386 g/mol. The van der Waals surface area contributed by atoms with Crippen molar-refractivity contribution in [3.63, 3.8) is 0 Å². The number of amides is 1. The molecule has 100 valence electrons. The minimum atomic E-state index is -0.745. The fourth-order valence-electron chi connectivity index (χ4n) is 2.38. The molecule has 1 aliphatic rings. The van der Waals surface area contributed by atoms with Gasteiger partial charge in [0.2, 0.25) is 0 Å². The molecule has 1 aliphatic heterocycles. The molecule has 0 spiro atoms. The molecule has 3 rings (SSSR count). The number of aromatic nitrogens is 1. The van der Waals surface area contributed by atoms with Gasteiger partial charge in [-0.15, -0.1) is 0 Å². The zero-order valence-corrected chi connectivity index (χ0v) is 13.4. The molecule has 1 fully saturated rings. The van der Waals surface area contributed by atoms with Gasteiger partial charge in [-0.1, -0.05) is 0 Å². The van der Waals surface area contributed by atoms with E-state index in [1.165, 1.54) is 0 Å². The number of nitrogens with zero attached hydrogens (tertiary/aromatic N) is 1. The van der Waals surface area contributed by atoms with Crippen molar-refractivity contribution in [3.8, 4) is 0 Å². The minimum Gasteiger partial charge on any atom is -0.386 e. The Morgan fingerprint density at radius 1 is 1.37 bits per heavy atom. The lowest BCUT2D eigenvalue weighted by Crippen LogP contribution is -2.61. The molecule has 2 heterocycles. The van der Waals surface area contributed by atoms with Gasteiger partial charge in [-0.2, -0.15) is 0 Å². The van der Waals surface area contributed by atoms with Crippen LogP contribution in [-0.2, 0) is 0 Å². The summed E-state index contributed by atoms with van der Waals surface area (Å²) in [5.41, 5.74) is 0.801.